The van der Waals surface area contributed by atoms with E-state index in [1.807, 2.05) is 0 Å². The van der Waals surface area contributed by atoms with Crippen molar-refractivity contribution in [1.29, 1.82) is 0 Å². The van der Waals surface area contributed by atoms with Crippen LogP contribution in [0.1, 0.15) is 12.5 Å². The maximum absolute atomic E-state index is 12.8. The van der Waals surface area contributed by atoms with Crippen LogP contribution in [0.5, 0.6) is 0 Å². The van der Waals surface area contributed by atoms with Gasteiger partial charge in [0.2, 0.25) is 0 Å². The predicted molar refractivity (Wildman–Crippen MR) is 84.6 cm³/mol. The molecule has 0 unspecified atom stereocenters. The number of pyridine rings is 1. The largest absolute Gasteiger partial charge is 0.417 e. The Kier molecular flexibility index (Phi) is 3.91. The summed E-state index contributed by atoms with van der Waals surface area (Å²) in [6.45, 7) is 1.53. The Bertz CT molecular complexity index is 1020. The van der Waals surface area contributed by atoms with Crippen LogP contribution >= 0.6 is 11.3 Å². The summed E-state index contributed by atoms with van der Waals surface area (Å²) in [5.41, 5.74) is -0.575. The Morgan fingerprint density at radius 1 is 1.33 bits per heavy atom. The fourth-order valence-corrected chi connectivity index (χ4v) is 4.68. The molecule has 3 aromatic heterocycles. The van der Waals surface area contributed by atoms with Gasteiger partial charge in [-0.1, -0.05) is 6.92 Å². The second-order valence-corrected chi connectivity index (χ2v) is 8.24. The molecule has 5 nitrogen and oxygen atoms in total. The monoisotopic (exact) mass is 375 g/mol. The van der Waals surface area contributed by atoms with E-state index in [9.17, 15) is 21.6 Å². The highest BCUT2D eigenvalue weighted by molar-refractivity contribution is 7.91. The number of hydrogen-bond donors (Lipinski definition) is 0. The zero-order valence-corrected chi connectivity index (χ0v) is 14.3. The minimum Gasteiger partial charge on any atom is -0.311 e. The summed E-state index contributed by atoms with van der Waals surface area (Å²) in [5, 5.41) is 1.62. The van der Waals surface area contributed by atoms with Crippen LogP contribution in [-0.4, -0.2) is 28.7 Å². The number of sulfone groups is 1. The van der Waals surface area contributed by atoms with E-state index in [4.69, 9.17) is 0 Å². The molecule has 0 saturated heterocycles. The molecule has 0 amide bonds. The van der Waals surface area contributed by atoms with Crippen LogP contribution in [0.15, 0.2) is 28.6 Å². The minimum atomic E-state index is -4.52. The molecule has 0 N–H and O–H groups in total. The molecule has 10 heteroatoms. The fourth-order valence-electron chi connectivity index (χ4n) is 2.30. The maximum atomic E-state index is 12.8. The van der Waals surface area contributed by atoms with Crippen LogP contribution in [0.25, 0.3) is 21.9 Å². The SMILES string of the molecule is CCS(=O)(=O)c1ccsc1-c1nc2cc(C(F)(F)F)cnc2n1C. The number of alkyl halides is 3. The van der Waals surface area contributed by atoms with E-state index in [-0.39, 0.29) is 27.6 Å². The number of aromatic nitrogens is 3. The van der Waals surface area contributed by atoms with Crippen molar-refractivity contribution < 1.29 is 21.6 Å². The molecule has 0 spiro atoms. The number of thiophene rings is 1. The van der Waals surface area contributed by atoms with E-state index in [2.05, 4.69) is 9.97 Å². The predicted octanol–water partition coefficient (Wildman–Crippen LogP) is 3.51. The molecule has 0 radical (unpaired) electrons. The zero-order valence-electron chi connectivity index (χ0n) is 12.6. The van der Waals surface area contributed by atoms with Crippen molar-refractivity contribution >= 4 is 32.3 Å². The topological polar surface area (TPSA) is 64.8 Å². The van der Waals surface area contributed by atoms with Crippen molar-refractivity contribution in [2.24, 2.45) is 7.05 Å². The highest BCUT2D eigenvalue weighted by Crippen LogP contribution is 2.35. The lowest BCUT2D eigenvalue weighted by molar-refractivity contribution is -0.137. The molecule has 0 fully saturated rings. The van der Waals surface area contributed by atoms with E-state index < -0.39 is 21.6 Å². The van der Waals surface area contributed by atoms with Crippen LogP contribution in [-0.2, 0) is 23.1 Å². The Hall–Kier alpha value is -1.94. The first-order chi connectivity index (χ1) is 11.1. The molecule has 24 heavy (non-hydrogen) atoms. The first-order valence-electron chi connectivity index (χ1n) is 6.85. The van der Waals surface area contributed by atoms with Crippen molar-refractivity contribution in [3.8, 4) is 10.7 Å². The van der Waals surface area contributed by atoms with Gasteiger partial charge in [-0.05, 0) is 17.5 Å². The normalized spacial score (nSPS) is 12.9. The van der Waals surface area contributed by atoms with E-state index in [1.165, 1.54) is 28.9 Å². The smallest absolute Gasteiger partial charge is 0.311 e. The number of hydrogen-bond acceptors (Lipinski definition) is 5. The van der Waals surface area contributed by atoms with Gasteiger partial charge in [0.05, 0.1) is 21.1 Å². The van der Waals surface area contributed by atoms with Crippen molar-refractivity contribution in [2.45, 2.75) is 18.0 Å². The van der Waals surface area contributed by atoms with Crippen LogP contribution in [0, 0.1) is 0 Å². The van der Waals surface area contributed by atoms with Crippen LogP contribution in [0.4, 0.5) is 13.2 Å². The van der Waals surface area contributed by atoms with Crippen molar-refractivity contribution in [1.82, 2.24) is 14.5 Å². The number of halogens is 3. The average molecular weight is 375 g/mol. The Labute approximate surface area is 139 Å². The second kappa shape index (κ2) is 5.55. The Morgan fingerprint density at radius 3 is 2.67 bits per heavy atom. The molecular formula is C14H12F3N3O2S2. The molecule has 3 rings (SSSR count). The van der Waals surface area contributed by atoms with Gasteiger partial charge >= 0.3 is 6.18 Å². The van der Waals surface area contributed by atoms with Crippen molar-refractivity contribution in [3.05, 3.63) is 29.3 Å². The van der Waals surface area contributed by atoms with Gasteiger partial charge in [0.15, 0.2) is 21.3 Å². The lowest BCUT2D eigenvalue weighted by Crippen LogP contribution is -2.05. The molecule has 0 bridgehead atoms. The summed E-state index contributed by atoms with van der Waals surface area (Å²) in [6.07, 6.45) is -3.77. The molecule has 0 aliphatic rings. The first-order valence-corrected chi connectivity index (χ1v) is 9.38. The third kappa shape index (κ3) is 2.69. The highest BCUT2D eigenvalue weighted by Gasteiger charge is 2.32. The first kappa shape index (κ1) is 16.9. The molecule has 0 aliphatic heterocycles. The molecule has 128 valence electrons. The van der Waals surface area contributed by atoms with E-state index in [0.29, 0.717) is 4.88 Å². The maximum Gasteiger partial charge on any atom is 0.417 e. The summed E-state index contributed by atoms with van der Waals surface area (Å²) in [6, 6.07) is 2.39. The number of rotatable bonds is 3. The number of fused-ring (bicyclic) bond motifs is 1. The molecule has 3 aromatic rings. The number of nitrogens with zero attached hydrogens (tertiary/aromatic N) is 3. The summed E-state index contributed by atoms with van der Waals surface area (Å²) in [4.78, 5) is 8.53. The molecular weight excluding hydrogens is 363 g/mol. The van der Waals surface area contributed by atoms with Gasteiger partial charge in [0.1, 0.15) is 5.52 Å². The number of imidazole rings is 1. The zero-order chi connectivity index (χ0) is 17.7. The van der Waals surface area contributed by atoms with Gasteiger partial charge in [0.25, 0.3) is 0 Å². The van der Waals surface area contributed by atoms with E-state index in [0.717, 1.165) is 12.3 Å². The van der Waals surface area contributed by atoms with Crippen molar-refractivity contribution in [2.75, 3.05) is 5.75 Å². The summed E-state index contributed by atoms with van der Waals surface area (Å²) in [5.74, 6) is 0.204. The third-order valence-electron chi connectivity index (χ3n) is 3.58. The van der Waals surface area contributed by atoms with Gasteiger partial charge in [-0.15, -0.1) is 11.3 Å². The second-order valence-electron chi connectivity index (χ2n) is 5.08. The summed E-state index contributed by atoms with van der Waals surface area (Å²) in [7, 11) is -1.87. The van der Waals surface area contributed by atoms with Gasteiger partial charge in [-0.2, -0.15) is 13.2 Å². The molecule has 0 atom stereocenters. The standard InChI is InChI=1S/C14H12F3N3O2S2/c1-3-24(21,22)10-4-5-23-11(10)13-19-9-6-8(14(15,16)17)7-18-12(9)20(13)2/h4-7H,3H2,1-2H3. The Morgan fingerprint density at radius 2 is 2.04 bits per heavy atom. The van der Waals surface area contributed by atoms with Crippen LogP contribution < -0.4 is 0 Å². The average Bonchev–Trinajstić information content (AvgIpc) is 3.11. The summed E-state index contributed by atoms with van der Waals surface area (Å²) >= 11 is 1.17. The lowest BCUT2D eigenvalue weighted by atomic mass is 10.2. The van der Waals surface area contributed by atoms with E-state index >= 15 is 0 Å². The van der Waals surface area contributed by atoms with Gasteiger partial charge < -0.3 is 4.57 Å². The fraction of sp³-hybridized carbons (Fsp3) is 0.286. The third-order valence-corrected chi connectivity index (χ3v) is 6.39. The highest BCUT2D eigenvalue weighted by atomic mass is 32.2. The number of aryl methyl sites for hydroxylation is 1. The molecule has 0 aromatic carbocycles. The van der Waals surface area contributed by atoms with Gasteiger partial charge in [-0.25, -0.2) is 18.4 Å². The quantitative estimate of drug-likeness (QED) is 0.703. The Balaban J connectivity index is 2.23. The molecule has 3 heterocycles. The summed E-state index contributed by atoms with van der Waals surface area (Å²) < 4.78 is 64.3. The van der Waals surface area contributed by atoms with Gasteiger partial charge in [-0.3, -0.25) is 0 Å². The minimum absolute atomic E-state index is 0.0653. The van der Waals surface area contributed by atoms with E-state index in [1.54, 1.807) is 12.4 Å². The van der Waals surface area contributed by atoms with Crippen LogP contribution in [0.3, 0.4) is 0 Å². The van der Waals surface area contributed by atoms with Crippen molar-refractivity contribution in [3.63, 3.8) is 0 Å². The molecule has 0 saturated carbocycles. The van der Waals surface area contributed by atoms with Gasteiger partial charge in [0, 0.05) is 13.2 Å². The molecule has 0 aliphatic carbocycles. The van der Waals surface area contributed by atoms with Crippen LogP contribution in [0.2, 0.25) is 0 Å². The lowest BCUT2D eigenvalue weighted by Gasteiger charge is -2.05.